The standard InChI is InChI=1S/C8H14N4O/c1-13-8-11-10-7(4-5-9)12(8)6-2-3-6/h6H,2-5,9H2,1H3. The molecule has 0 radical (unpaired) electrons. The van der Waals surface area contributed by atoms with Gasteiger partial charge in [-0.15, -0.1) is 5.10 Å². The number of nitrogens with two attached hydrogens (primary N) is 1. The molecule has 1 aliphatic rings. The molecule has 1 saturated carbocycles. The molecule has 0 aromatic carbocycles. The lowest BCUT2D eigenvalue weighted by molar-refractivity contribution is 0.354. The van der Waals surface area contributed by atoms with Crippen LogP contribution in [0.25, 0.3) is 0 Å². The van der Waals surface area contributed by atoms with E-state index in [4.69, 9.17) is 10.5 Å². The fraction of sp³-hybridized carbons (Fsp3) is 0.750. The van der Waals surface area contributed by atoms with Gasteiger partial charge in [0, 0.05) is 12.5 Å². The molecular formula is C8H14N4O. The summed E-state index contributed by atoms with van der Waals surface area (Å²) >= 11 is 0. The smallest absolute Gasteiger partial charge is 0.316 e. The Balaban J connectivity index is 2.27. The molecular weight excluding hydrogens is 168 g/mol. The van der Waals surface area contributed by atoms with Crippen molar-refractivity contribution in [3.63, 3.8) is 0 Å². The molecule has 0 spiro atoms. The van der Waals surface area contributed by atoms with Crippen LogP contribution in [-0.4, -0.2) is 28.4 Å². The van der Waals surface area contributed by atoms with Crippen molar-refractivity contribution >= 4 is 0 Å². The highest BCUT2D eigenvalue weighted by Gasteiger charge is 2.29. The van der Waals surface area contributed by atoms with Crippen LogP contribution in [0.1, 0.15) is 24.7 Å². The zero-order chi connectivity index (χ0) is 9.26. The van der Waals surface area contributed by atoms with E-state index in [0.29, 0.717) is 18.6 Å². The van der Waals surface area contributed by atoms with Crippen molar-refractivity contribution in [3.05, 3.63) is 5.82 Å². The monoisotopic (exact) mass is 182 g/mol. The Hall–Kier alpha value is -1.10. The molecule has 2 N–H and O–H groups in total. The van der Waals surface area contributed by atoms with E-state index in [-0.39, 0.29) is 0 Å². The molecule has 1 aromatic rings. The molecule has 13 heavy (non-hydrogen) atoms. The van der Waals surface area contributed by atoms with Crippen molar-refractivity contribution in [3.8, 4) is 6.01 Å². The van der Waals surface area contributed by atoms with E-state index in [1.54, 1.807) is 7.11 Å². The van der Waals surface area contributed by atoms with Crippen molar-refractivity contribution in [2.24, 2.45) is 5.73 Å². The van der Waals surface area contributed by atoms with Crippen molar-refractivity contribution < 1.29 is 4.74 Å². The molecule has 1 fully saturated rings. The van der Waals surface area contributed by atoms with Crippen LogP contribution in [0.5, 0.6) is 6.01 Å². The fourth-order valence-corrected chi connectivity index (χ4v) is 1.45. The lowest BCUT2D eigenvalue weighted by atomic mass is 10.4. The molecule has 0 bridgehead atoms. The first-order valence-corrected chi connectivity index (χ1v) is 4.54. The average molecular weight is 182 g/mol. The normalized spacial score (nSPS) is 16.2. The molecule has 72 valence electrons. The van der Waals surface area contributed by atoms with Gasteiger partial charge >= 0.3 is 6.01 Å². The number of hydrogen-bond acceptors (Lipinski definition) is 4. The summed E-state index contributed by atoms with van der Waals surface area (Å²) in [6.07, 6.45) is 3.17. The Morgan fingerprint density at radius 3 is 2.85 bits per heavy atom. The maximum absolute atomic E-state index is 5.48. The Morgan fingerprint density at radius 2 is 2.31 bits per heavy atom. The van der Waals surface area contributed by atoms with Gasteiger partial charge in [-0.2, -0.15) is 0 Å². The van der Waals surface area contributed by atoms with Crippen LogP contribution in [0.2, 0.25) is 0 Å². The molecule has 1 aromatic heterocycles. The number of ether oxygens (including phenoxy) is 1. The van der Waals surface area contributed by atoms with E-state index in [0.717, 1.165) is 12.2 Å². The number of rotatable bonds is 4. The molecule has 5 nitrogen and oxygen atoms in total. The van der Waals surface area contributed by atoms with E-state index in [1.165, 1.54) is 12.8 Å². The maximum atomic E-state index is 5.48. The van der Waals surface area contributed by atoms with E-state index >= 15 is 0 Å². The van der Waals surface area contributed by atoms with Crippen molar-refractivity contribution in [1.29, 1.82) is 0 Å². The van der Waals surface area contributed by atoms with Crippen LogP contribution in [0, 0.1) is 0 Å². The summed E-state index contributed by atoms with van der Waals surface area (Å²) in [7, 11) is 1.62. The molecule has 0 amide bonds. The van der Waals surface area contributed by atoms with Gasteiger partial charge in [0.1, 0.15) is 5.82 Å². The van der Waals surface area contributed by atoms with Crippen molar-refractivity contribution in [2.75, 3.05) is 13.7 Å². The predicted molar refractivity (Wildman–Crippen MR) is 47.6 cm³/mol. The summed E-state index contributed by atoms with van der Waals surface area (Å²) in [5.41, 5.74) is 5.48. The molecule has 0 unspecified atom stereocenters. The highest BCUT2D eigenvalue weighted by molar-refractivity contribution is 5.07. The second kappa shape index (κ2) is 3.33. The highest BCUT2D eigenvalue weighted by Crippen LogP contribution is 2.38. The summed E-state index contributed by atoms with van der Waals surface area (Å²) in [5, 5.41) is 8.00. The summed E-state index contributed by atoms with van der Waals surface area (Å²) in [4.78, 5) is 0. The molecule has 1 aliphatic carbocycles. The van der Waals surface area contributed by atoms with Gasteiger partial charge in [-0.1, -0.05) is 5.10 Å². The Labute approximate surface area is 76.9 Å². The molecule has 0 atom stereocenters. The first kappa shape index (κ1) is 8.50. The summed E-state index contributed by atoms with van der Waals surface area (Å²) in [6.45, 7) is 0.606. The lowest BCUT2D eigenvalue weighted by Gasteiger charge is -2.05. The number of methoxy groups -OCH3 is 1. The maximum Gasteiger partial charge on any atom is 0.316 e. The third-order valence-corrected chi connectivity index (χ3v) is 2.20. The Morgan fingerprint density at radius 1 is 1.54 bits per heavy atom. The van der Waals surface area contributed by atoms with Gasteiger partial charge in [0.05, 0.1) is 7.11 Å². The van der Waals surface area contributed by atoms with Crippen LogP contribution in [0.15, 0.2) is 0 Å². The number of hydrogen-bond donors (Lipinski definition) is 1. The van der Waals surface area contributed by atoms with Gasteiger partial charge < -0.3 is 10.5 Å². The van der Waals surface area contributed by atoms with E-state index < -0.39 is 0 Å². The topological polar surface area (TPSA) is 66.0 Å². The summed E-state index contributed by atoms with van der Waals surface area (Å²) < 4.78 is 7.18. The highest BCUT2D eigenvalue weighted by atomic mass is 16.5. The Bertz CT molecular complexity index is 292. The van der Waals surface area contributed by atoms with Crippen LogP contribution in [0.3, 0.4) is 0 Å². The van der Waals surface area contributed by atoms with Crippen LogP contribution in [-0.2, 0) is 6.42 Å². The minimum Gasteiger partial charge on any atom is -0.467 e. The third-order valence-electron chi connectivity index (χ3n) is 2.20. The van der Waals surface area contributed by atoms with E-state index in [9.17, 15) is 0 Å². The molecule has 2 rings (SSSR count). The minimum atomic E-state index is 0.548. The van der Waals surface area contributed by atoms with Gasteiger partial charge in [-0.3, -0.25) is 4.57 Å². The van der Waals surface area contributed by atoms with E-state index in [2.05, 4.69) is 14.8 Å². The van der Waals surface area contributed by atoms with Gasteiger partial charge in [0.15, 0.2) is 0 Å². The van der Waals surface area contributed by atoms with E-state index in [1.807, 2.05) is 0 Å². The number of aromatic nitrogens is 3. The second-order valence-corrected chi connectivity index (χ2v) is 3.24. The SMILES string of the molecule is COc1nnc(CCN)n1C1CC1. The largest absolute Gasteiger partial charge is 0.467 e. The quantitative estimate of drug-likeness (QED) is 0.718. The van der Waals surface area contributed by atoms with Gasteiger partial charge in [-0.25, -0.2) is 0 Å². The zero-order valence-corrected chi connectivity index (χ0v) is 7.73. The summed E-state index contributed by atoms with van der Waals surface area (Å²) in [6, 6.07) is 1.16. The lowest BCUT2D eigenvalue weighted by Crippen LogP contribution is -2.10. The molecule has 1 heterocycles. The molecule has 0 aliphatic heterocycles. The molecule has 0 saturated heterocycles. The van der Waals surface area contributed by atoms with Gasteiger partial charge in [0.25, 0.3) is 0 Å². The average Bonchev–Trinajstić information content (AvgIpc) is 2.89. The van der Waals surface area contributed by atoms with Crippen LogP contribution >= 0.6 is 0 Å². The van der Waals surface area contributed by atoms with Crippen LogP contribution < -0.4 is 10.5 Å². The first-order valence-electron chi connectivity index (χ1n) is 4.54. The molecule has 5 heteroatoms. The predicted octanol–water partition coefficient (Wildman–Crippen LogP) is 0.123. The number of nitrogens with zero attached hydrogens (tertiary/aromatic N) is 3. The Kier molecular flexibility index (Phi) is 2.18. The minimum absolute atomic E-state index is 0.548. The summed E-state index contributed by atoms with van der Waals surface area (Å²) in [5.74, 6) is 0.946. The van der Waals surface area contributed by atoms with Crippen LogP contribution in [0.4, 0.5) is 0 Å². The first-order chi connectivity index (χ1) is 6.36. The fourth-order valence-electron chi connectivity index (χ4n) is 1.45. The zero-order valence-electron chi connectivity index (χ0n) is 7.73. The van der Waals surface area contributed by atoms with Gasteiger partial charge in [0.2, 0.25) is 0 Å². The van der Waals surface area contributed by atoms with Gasteiger partial charge in [-0.05, 0) is 19.4 Å². The van der Waals surface area contributed by atoms with Crippen molar-refractivity contribution in [2.45, 2.75) is 25.3 Å². The third kappa shape index (κ3) is 1.51. The second-order valence-electron chi connectivity index (χ2n) is 3.24. The van der Waals surface area contributed by atoms with Crippen molar-refractivity contribution in [1.82, 2.24) is 14.8 Å².